The van der Waals surface area contributed by atoms with Gasteiger partial charge in [0.15, 0.2) is 16.3 Å². The van der Waals surface area contributed by atoms with E-state index in [0.29, 0.717) is 38.5 Å². The van der Waals surface area contributed by atoms with E-state index in [0.717, 1.165) is 11.1 Å². The highest BCUT2D eigenvalue weighted by atomic mass is 32.1. The lowest BCUT2D eigenvalue weighted by atomic mass is 9.93. The summed E-state index contributed by atoms with van der Waals surface area (Å²) in [5, 5.41) is 10.1. The van der Waals surface area contributed by atoms with E-state index in [1.54, 1.807) is 29.7 Å². The molecule has 8 heteroatoms. The summed E-state index contributed by atoms with van der Waals surface area (Å²) in [4.78, 5) is 32.6. The fraction of sp³-hybridized carbons (Fsp3) is 0.167. The Labute approximate surface area is 223 Å². The number of thiazole rings is 1. The van der Waals surface area contributed by atoms with Crippen molar-refractivity contribution < 1.29 is 19.4 Å². The van der Waals surface area contributed by atoms with Crippen LogP contribution < -0.4 is 19.6 Å². The van der Waals surface area contributed by atoms with Crippen LogP contribution >= 0.6 is 11.3 Å². The maximum absolute atomic E-state index is 13.9. The molecule has 5 rings (SSSR count). The number of carbonyl (C=O) groups excluding carboxylic acids is 1. The molecule has 1 atom stereocenters. The molecule has 192 valence electrons. The van der Waals surface area contributed by atoms with E-state index in [-0.39, 0.29) is 17.9 Å². The van der Waals surface area contributed by atoms with Gasteiger partial charge in [0, 0.05) is 5.56 Å². The van der Waals surface area contributed by atoms with Gasteiger partial charge in [-0.1, -0.05) is 78.1 Å². The number of benzene rings is 3. The second kappa shape index (κ2) is 10.9. The number of rotatable bonds is 7. The number of phenolic OH excluding ortho intramolecular Hbond substituents is 1. The second-order valence-electron chi connectivity index (χ2n) is 8.50. The van der Waals surface area contributed by atoms with Gasteiger partial charge in [-0.2, -0.15) is 0 Å². The van der Waals surface area contributed by atoms with E-state index in [1.165, 1.54) is 17.4 Å². The summed E-state index contributed by atoms with van der Waals surface area (Å²) in [5.41, 5.74) is 2.74. The number of fused-ring (bicyclic) bond motifs is 1. The Balaban J connectivity index is 1.78. The molecule has 1 aliphatic heterocycles. The molecule has 1 aliphatic rings. The summed E-state index contributed by atoms with van der Waals surface area (Å²) in [7, 11) is 0. The van der Waals surface area contributed by atoms with E-state index in [2.05, 4.69) is 0 Å². The lowest BCUT2D eigenvalue weighted by Gasteiger charge is -2.25. The number of esters is 1. The van der Waals surface area contributed by atoms with Crippen molar-refractivity contribution >= 4 is 29.1 Å². The van der Waals surface area contributed by atoms with Crippen LogP contribution in [0.15, 0.2) is 94.2 Å². The molecule has 0 saturated heterocycles. The van der Waals surface area contributed by atoms with Crippen LogP contribution in [0.3, 0.4) is 0 Å². The highest BCUT2D eigenvalue weighted by Gasteiger charge is 2.35. The highest BCUT2D eigenvalue weighted by Crippen LogP contribution is 2.35. The first-order valence-corrected chi connectivity index (χ1v) is 13.1. The number of carbonyl (C=O) groups is 1. The third-order valence-electron chi connectivity index (χ3n) is 6.07. The quantitative estimate of drug-likeness (QED) is 0.367. The van der Waals surface area contributed by atoms with Gasteiger partial charge >= 0.3 is 5.97 Å². The van der Waals surface area contributed by atoms with Crippen molar-refractivity contribution in [3.05, 3.63) is 121 Å². The van der Waals surface area contributed by atoms with Gasteiger partial charge in [0.1, 0.15) is 0 Å². The molecule has 4 aromatic rings. The summed E-state index contributed by atoms with van der Waals surface area (Å²) in [6.07, 6.45) is 1.74. The Morgan fingerprint density at radius 3 is 2.42 bits per heavy atom. The predicted molar refractivity (Wildman–Crippen MR) is 147 cm³/mol. The summed E-state index contributed by atoms with van der Waals surface area (Å²) >= 11 is 1.24. The molecule has 0 fully saturated rings. The van der Waals surface area contributed by atoms with Gasteiger partial charge < -0.3 is 14.6 Å². The van der Waals surface area contributed by atoms with Crippen molar-refractivity contribution in [1.82, 2.24) is 4.57 Å². The monoisotopic (exact) mass is 526 g/mol. The maximum atomic E-state index is 13.9. The lowest BCUT2D eigenvalue weighted by molar-refractivity contribution is -0.138. The van der Waals surface area contributed by atoms with E-state index < -0.39 is 12.0 Å². The minimum Gasteiger partial charge on any atom is -0.504 e. The number of hydrogen-bond acceptors (Lipinski definition) is 7. The van der Waals surface area contributed by atoms with Crippen molar-refractivity contribution in [2.45, 2.75) is 19.9 Å². The third-order valence-corrected chi connectivity index (χ3v) is 7.05. The Morgan fingerprint density at radius 1 is 1.03 bits per heavy atom. The molecule has 7 nitrogen and oxygen atoms in total. The summed E-state index contributed by atoms with van der Waals surface area (Å²) < 4.78 is 13.0. The highest BCUT2D eigenvalue weighted by molar-refractivity contribution is 7.07. The minimum atomic E-state index is -0.720. The molecular weight excluding hydrogens is 500 g/mol. The van der Waals surface area contributed by atoms with Crippen LogP contribution in [0.5, 0.6) is 11.5 Å². The normalized spacial score (nSPS) is 15.1. The maximum Gasteiger partial charge on any atom is 0.338 e. The molecule has 0 saturated carbocycles. The van der Waals surface area contributed by atoms with Crippen molar-refractivity contribution in [2.24, 2.45) is 4.99 Å². The molecule has 3 aromatic carbocycles. The van der Waals surface area contributed by atoms with Gasteiger partial charge in [0.25, 0.3) is 5.56 Å². The van der Waals surface area contributed by atoms with Crippen molar-refractivity contribution in [3.63, 3.8) is 0 Å². The first kappa shape index (κ1) is 25.2. The molecule has 0 aliphatic carbocycles. The minimum absolute atomic E-state index is 0.0288. The first-order valence-electron chi connectivity index (χ1n) is 12.3. The fourth-order valence-corrected chi connectivity index (χ4v) is 5.44. The van der Waals surface area contributed by atoms with Crippen LogP contribution in [0.25, 0.3) is 11.8 Å². The number of ether oxygens (including phenoxy) is 2. The summed E-state index contributed by atoms with van der Waals surface area (Å²) in [6, 6.07) is 23.1. The SMILES string of the molecule is CCOC(=O)C1=C(c2ccccc2)N=c2s/c(=C\c3ccc(O)c(OCC)c3)c(=O)n2[C@H]1c1ccccc1. The third kappa shape index (κ3) is 4.78. The van der Waals surface area contributed by atoms with Gasteiger partial charge in [-0.15, -0.1) is 0 Å². The zero-order chi connectivity index (χ0) is 26.6. The molecular formula is C30H26N2O5S. The zero-order valence-electron chi connectivity index (χ0n) is 21.0. The molecule has 2 heterocycles. The number of aromatic hydroxyl groups is 1. The zero-order valence-corrected chi connectivity index (χ0v) is 21.8. The largest absolute Gasteiger partial charge is 0.504 e. The molecule has 38 heavy (non-hydrogen) atoms. The van der Waals surface area contributed by atoms with E-state index in [1.807, 2.05) is 67.6 Å². The average molecular weight is 527 g/mol. The van der Waals surface area contributed by atoms with Gasteiger partial charge in [-0.05, 0) is 43.2 Å². The Hall–Kier alpha value is -4.43. The fourth-order valence-electron chi connectivity index (χ4n) is 4.43. The number of nitrogens with zero attached hydrogens (tertiary/aromatic N) is 2. The van der Waals surface area contributed by atoms with Crippen LogP contribution in [0.1, 0.15) is 36.6 Å². The van der Waals surface area contributed by atoms with Crippen molar-refractivity contribution in [1.29, 1.82) is 0 Å². The van der Waals surface area contributed by atoms with Gasteiger partial charge in [0.2, 0.25) is 0 Å². The Bertz CT molecular complexity index is 1690. The standard InChI is InChI=1S/C30H26N2O5S/c1-3-36-23-17-19(15-16-22(23)33)18-24-28(34)32-27(21-13-9-6-10-14-21)25(29(35)37-4-2)26(31-30(32)38-24)20-11-7-5-8-12-20/h5-18,27,33H,3-4H2,1-2H3/b24-18-/t27-/m0/s1. The smallest absolute Gasteiger partial charge is 0.338 e. The molecule has 0 bridgehead atoms. The van der Waals surface area contributed by atoms with Gasteiger partial charge in [0.05, 0.1) is 35.1 Å². The molecule has 1 N–H and O–H groups in total. The van der Waals surface area contributed by atoms with Crippen LogP contribution in [-0.4, -0.2) is 28.9 Å². The van der Waals surface area contributed by atoms with Crippen molar-refractivity contribution in [2.75, 3.05) is 13.2 Å². The van der Waals surface area contributed by atoms with Crippen LogP contribution in [0, 0.1) is 0 Å². The molecule has 1 aromatic heterocycles. The number of aromatic nitrogens is 1. The predicted octanol–water partition coefficient (Wildman–Crippen LogP) is 4.04. The number of hydrogen-bond donors (Lipinski definition) is 1. The van der Waals surface area contributed by atoms with E-state index in [4.69, 9.17) is 14.5 Å². The average Bonchev–Trinajstić information content (AvgIpc) is 3.25. The Kier molecular flexibility index (Phi) is 7.24. The Morgan fingerprint density at radius 2 is 1.74 bits per heavy atom. The molecule has 0 radical (unpaired) electrons. The van der Waals surface area contributed by atoms with Crippen molar-refractivity contribution in [3.8, 4) is 11.5 Å². The summed E-state index contributed by atoms with van der Waals surface area (Å²) in [6.45, 7) is 4.18. The van der Waals surface area contributed by atoms with Crippen LogP contribution in [0.4, 0.5) is 0 Å². The molecule has 0 amide bonds. The molecule has 0 unspecified atom stereocenters. The number of phenols is 1. The van der Waals surface area contributed by atoms with Gasteiger partial charge in [-0.25, -0.2) is 9.79 Å². The van der Waals surface area contributed by atoms with Crippen LogP contribution in [-0.2, 0) is 9.53 Å². The topological polar surface area (TPSA) is 90.1 Å². The van der Waals surface area contributed by atoms with Gasteiger partial charge in [-0.3, -0.25) is 9.36 Å². The lowest BCUT2D eigenvalue weighted by Crippen LogP contribution is -2.39. The van der Waals surface area contributed by atoms with E-state index >= 15 is 0 Å². The van der Waals surface area contributed by atoms with Crippen LogP contribution in [0.2, 0.25) is 0 Å². The van der Waals surface area contributed by atoms with E-state index in [9.17, 15) is 14.7 Å². The molecule has 0 spiro atoms. The first-order chi connectivity index (χ1) is 18.5. The second-order valence-corrected chi connectivity index (χ2v) is 9.51. The summed E-state index contributed by atoms with van der Waals surface area (Å²) in [5.74, 6) is -0.147.